The summed E-state index contributed by atoms with van der Waals surface area (Å²) in [6, 6.07) is 0. The molecule has 2 aliphatic heterocycles. The van der Waals surface area contributed by atoms with E-state index in [1.165, 1.54) is 0 Å². The zero-order chi connectivity index (χ0) is 12.6. The maximum absolute atomic E-state index is 5.99. The van der Waals surface area contributed by atoms with E-state index in [-0.39, 0.29) is 37.3 Å². The molecule has 6 heteroatoms. The van der Waals surface area contributed by atoms with Crippen LogP contribution in [0.15, 0.2) is 0 Å². The van der Waals surface area contributed by atoms with Crippen LogP contribution >= 0.6 is 9.12 Å². The summed E-state index contributed by atoms with van der Waals surface area (Å²) in [7, 11) is 2.67. The van der Waals surface area contributed by atoms with Crippen LogP contribution in [0.1, 0.15) is 20.8 Å². The summed E-state index contributed by atoms with van der Waals surface area (Å²) < 4.78 is 23.2. The van der Waals surface area contributed by atoms with Gasteiger partial charge in [-0.1, -0.05) is 13.7 Å². The molecular formula is C11H22BO4P. The number of hydrogen-bond acceptors (Lipinski definition) is 4. The van der Waals surface area contributed by atoms with E-state index in [4.69, 9.17) is 18.9 Å². The molecule has 2 fully saturated rings. The van der Waals surface area contributed by atoms with Gasteiger partial charge in [-0.3, -0.25) is 0 Å². The number of rotatable bonds is 2. The van der Waals surface area contributed by atoms with Crippen LogP contribution < -0.4 is 0 Å². The fraction of sp³-hybridized carbons (Fsp3) is 1.00. The van der Waals surface area contributed by atoms with Crippen molar-refractivity contribution < 1.29 is 18.9 Å². The van der Waals surface area contributed by atoms with Crippen LogP contribution in [0.5, 0.6) is 0 Å². The minimum Gasteiger partial charge on any atom is -0.426 e. The smallest absolute Gasteiger partial charge is 0.312 e. The van der Waals surface area contributed by atoms with Gasteiger partial charge in [0.2, 0.25) is 0 Å². The van der Waals surface area contributed by atoms with E-state index in [0.29, 0.717) is 12.5 Å². The summed E-state index contributed by atoms with van der Waals surface area (Å²) in [6.07, 6.45) is 0.0404. The van der Waals surface area contributed by atoms with E-state index >= 15 is 0 Å². The Hall–Kier alpha value is 0.335. The maximum atomic E-state index is 5.99. The summed E-state index contributed by atoms with van der Waals surface area (Å²) in [5, 5.41) is 0. The Bertz CT molecular complexity index is 266. The highest BCUT2D eigenvalue weighted by atomic mass is 31.0. The molecule has 0 spiro atoms. The molecule has 0 aromatic heterocycles. The zero-order valence-electron chi connectivity index (χ0n) is 11.0. The molecule has 17 heavy (non-hydrogen) atoms. The SMILES string of the molecule is CB(P)O[C@@H]1C(C)[C@@H](C)OC2COC(C)O[C@H]21. The molecule has 0 aromatic rings. The average Bonchev–Trinajstić information content (AvgIpc) is 2.25. The largest absolute Gasteiger partial charge is 0.426 e. The fourth-order valence-electron chi connectivity index (χ4n) is 2.49. The third kappa shape index (κ3) is 3.02. The Morgan fingerprint density at radius 3 is 2.59 bits per heavy atom. The standard InChI is InChI=1S/C11H22BO4P/c1-6-7(2)14-9-5-13-8(3)15-11(9)10(6)16-12(4)17/h6-11H,5,17H2,1-4H3/t6?,7-,8?,9?,10-,11-/m1/s1. The van der Waals surface area contributed by atoms with Crippen molar-refractivity contribution in [3.63, 3.8) is 0 Å². The van der Waals surface area contributed by atoms with Crippen molar-refractivity contribution in [2.75, 3.05) is 6.61 Å². The van der Waals surface area contributed by atoms with E-state index in [1.54, 1.807) is 0 Å². The first-order chi connectivity index (χ1) is 7.99. The van der Waals surface area contributed by atoms with Crippen molar-refractivity contribution in [1.82, 2.24) is 0 Å². The fourth-order valence-corrected chi connectivity index (χ4v) is 2.68. The Morgan fingerprint density at radius 2 is 1.94 bits per heavy atom. The molecule has 0 N–H and O–H groups in total. The molecule has 7 atom stereocenters. The van der Waals surface area contributed by atoms with Crippen LogP contribution in [0.2, 0.25) is 6.82 Å². The van der Waals surface area contributed by atoms with Crippen LogP contribution in [-0.2, 0) is 18.9 Å². The number of fused-ring (bicyclic) bond motifs is 1. The van der Waals surface area contributed by atoms with Gasteiger partial charge >= 0.3 is 6.64 Å². The van der Waals surface area contributed by atoms with Crippen LogP contribution in [0.25, 0.3) is 0 Å². The van der Waals surface area contributed by atoms with Gasteiger partial charge in [0.1, 0.15) is 12.2 Å². The normalized spacial score (nSPS) is 46.4. The summed E-state index contributed by atoms with van der Waals surface area (Å²) in [6.45, 7) is 8.89. The predicted octanol–water partition coefficient (Wildman–Crippen LogP) is 1.55. The van der Waals surface area contributed by atoms with E-state index in [1.807, 2.05) is 13.7 Å². The first kappa shape index (κ1) is 13.8. The highest BCUT2D eigenvalue weighted by Crippen LogP contribution is 2.33. The molecule has 4 unspecified atom stereocenters. The first-order valence-electron chi connectivity index (χ1n) is 6.32. The van der Waals surface area contributed by atoms with Gasteiger partial charge in [-0.15, -0.1) is 9.12 Å². The Kier molecular flexibility index (Phi) is 4.48. The van der Waals surface area contributed by atoms with E-state index in [9.17, 15) is 0 Å². The first-order valence-corrected chi connectivity index (χ1v) is 6.99. The molecule has 98 valence electrons. The molecule has 2 heterocycles. The summed E-state index contributed by atoms with van der Waals surface area (Å²) >= 11 is 0. The van der Waals surface area contributed by atoms with Crippen LogP contribution in [0.3, 0.4) is 0 Å². The van der Waals surface area contributed by atoms with E-state index in [0.717, 1.165) is 0 Å². The van der Waals surface area contributed by atoms with E-state index < -0.39 is 0 Å². The lowest BCUT2D eigenvalue weighted by Crippen LogP contribution is -2.60. The van der Waals surface area contributed by atoms with Crippen molar-refractivity contribution in [3.05, 3.63) is 0 Å². The second-order valence-corrected chi connectivity index (χ2v) is 5.99. The van der Waals surface area contributed by atoms with Crippen molar-refractivity contribution >= 4 is 15.8 Å². The summed E-state index contributed by atoms with van der Waals surface area (Å²) in [5.41, 5.74) is 0. The third-order valence-electron chi connectivity index (χ3n) is 3.55. The van der Waals surface area contributed by atoms with Crippen LogP contribution in [0.4, 0.5) is 0 Å². The van der Waals surface area contributed by atoms with Gasteiger partial charge in [0, 0.05) is 5.92 Å². The highest BCUT2D eigenvalue weighted by Gasteiger charge is 2.46. The van der Waals surface area contributed by atoms with Crippen molar-refractivity contribution in [3.8, 4) is 0 Å². The minimum absolute atomic E-state index is 0.00819. The number of ether oxygens (including phenoxy) is 3. The molecule has 2 rings (SSSR count). The Labute approximate surface area is 106 Å². The van der Waals surface area contributed by atoms with E-state index in [2.05, 4.69) is 23.0 Å². The summed E-state index contributed by atoms with van der Waals surface area (Å²) in [4.78, 5) is 0. The van der Waals surface area contributed by atoms with Gasteiger partial charge in [-0.25, -0.2) is 0 Å². The Morgan fingerprint density at radius 1 is 1.24 bits per heavy atom. The minimum atomic E-state index is -0.175. The quantitative estimate of drug-likeness (QED) is 0.557. The lowest BCUT2D eigenvalue weighted by molar-refractivity contribution is -0.306. The van der Waals surface area contributed by atoms with Gasteiger partial charge in [-0.05, 0) is 13.8 Å². The van der Waals surface area contributed by atoms with Crippen molar-refractivity contribution in [1.29, 1.82) is 0 Å². The number of hydrogen-bond donors (Lipinski definition) is 0. The average molecular weight is 260 g/mol. The van der Waals surface area contributed by atoms with Gasteiger partial charge in [0.15, 0.2) is 6.29 Å². The molecule has 0 aliphatic carbocycles. The summed E-state index contributed by atoms with van der Waals surface area (Å²) in [5.74, 6) is 0.324. The van der Waals surface area contributed by atoms with Gasteiger partial charge in [-0.2, -0.15) is 0 Å². The van der Waals surface area contributed by atoms with Crippen molar-refractivity contribution in [2.24, 2.45) is 5.92 Å². The molecular weight excluding hydrogens is 238 g/mol. The van der Waals surface area contributed by atoms with Crippen LogP contribution in [-0.4, -0.2) is 43.9 Å². The second kappa shape index (κ2) is 5.54. The monoisotopic (exact) mass is 260 g/mol. The molecule has 2 saturated heterocycles. The lowest BCUT2D eigenvalue weighted by Gasteiger charge is -2.48. The van der Waals surface area contributed by atoms with Gasteiger partial charge < -0.3 is 18.9 Å². The Balaban J connectivity index is 2.11. The van der Waals surface area contributed by atoms with Crippen molar-refractivity contribution in [2.45, 2.75) is 58.3 Å². The molecule has 0 bridgehead atoms. The highest BCUT2D eigenvalue weighted by molar-refractivity contribution is 7.60. The van der Waals surface area contributed by atoms with Gasteiger partial charge in [0.25, 0.3) is 0 Å². The third-order valence-corrected chi connectivity index (χ3v) is 3.71. The molecule has 2 aliphatic rings. The molecule has 0 radical (unpaired) electrons. The predicted molar refractivity (Wildman–Crippen MR) is 70.0 cm³/mol. The molecule has 0 saturated carbocycles. The lowest BCUT2D eigenvalue weighted by atomic mass is 9.86. The second-order valence-electron chi connectivity index (χ2n) is 5.05. The van der Waals surface area contributed by atoms with Crippen LogP contribution in [0, 0.1) is 5.92 Å². The molecule has 4 nitrogen and oxygen atoms in total. The topological polar surface area (TPSA) is 36.9 Å². The maximum Gasteiger partial charge on any atom is 0.312 e. The molecule has 0 aromatic carbocycles. The zero-order valence-corrected chi connectivity index (χ0v) is 12.1. The molecule has 0 amide bonds. The van der Waals surface area contributed by atoms with Gasteiger partial charge in [0.05, 0.1) is 18.8 Å².